The molecule has 4 radical (unpaired) electrons. The van der Waals surface area contributed by atoms with Crippen LogP contribution in [0.2, 0.25) is 0 Å². The Morgan fingerprint density at radius 2 is 0.971 bits per heavy atom. The van der Waals surface area contributed by atoms with Gasteiger partial charge in [0.1, 0.15) is 0 Å². The van der Waals surface area contributed by atoms with Crippen LogP contribution in [0.15, 0.2) is 48.5 Å². The number of nitrogens with zero attached hydrogens (tertiary/aromatic N) is 2. The second-order valence-electron chi connectivity index (χ2n) is 8.26. The van der Waals surface area contributed by atoms with E-state index in [-0.39, 0.29) is 12.1 Å². The van der Waals surface area contributed by atoms with E-state index in [1.807, 2.05) is 23.9 Å². The fourth-order valence-corrected chi connectivity index (χ4v) is 3.95. The zero-order valence-electron chi connectivity index (χ0n) is 18.8. The Balaban J connectivity index is 1.54. The maximum Gasteiger partial charge on any atom is 0.416 e. The highest BCUT2D eigenvalue weighted by molar-refractivity contribution is 5.47. The van der Waals surface area contributed by atoms with Gasteiger partial charge >= 0.3 is 12.4 Å². The predicted molar refractivity (Wildman–Crippen MR) is 118 cm³/mol. The average molecular weight is 484 g/mol. The largest absolute Gasteiger partial charge is 0.416 e. The molecule has 2 aromatic carbocycles. The first-order valence-corrected chi connectivity index (χ1v) is 10.8. The van der Waals surface area contributed by atoms with Crippen LogP contribution in [-0.4, -0.2) is 36.0 Å². The number of anilines is 2. The first-order chi connectivity index (χ1) is 15.9. The Hall–Kier alpha value is -2.46. The first-order valence-electron chi connectivity index (χ1n) is 10.8. The lowest BCUT2D eigenvalue weighted by Crippen LogP contribution is -2.50. The van der Waals surface area contributed by atoms with Gasteiger partial charge in [0.05, 0.1) is 11.1 Å². The van der Waals surface area contributed by atoms with Crippen molar-refractivity contribution in [3.8, 4) is 0 Å². The topological polar surface area (TPSA) is 30.5 Å². The van der Waals surface area contributed by atoms with Crippen molar-refractivity contribution >= 4 is 11.4 Å². The molecule has 0 heterocycles. The maximum absolute atomic E-state index is 12.7. The Morgan fingerprint density at radius 3 is 1.26 bits per heavy atom. The molecule has 1 aliphatic rings. The van der Waals surface area contributed by atoms with Gasteiger partial charge < -0.3 is 10.6 Å². The molecule has 0 spiro atoms. The molecule has 0 bridgehead atoms. The second-order valence-corrected chi connectivity index (χ2v) is 8.26. The summed E-state index contributed by atoms with van der Waals surface area (Å²) in [7, 11) is 3.69. The molecule has 1 aliphatic carbocycles. The van der Waals surface area contributed by atoms with Gasteiger partial charge in [-0.2, -0.15) is 26.3 Å². The Kier molecular flexibility index (Phi) is 8.35. The van der Waals surface area contributed by atoms with Crippen LogP contribution in [0.4, 0.5) is 37.7 Å². The molecular weight excluding hydrogens is 458 g/mol. The zero-order chi connectivity index (χ0) is 24.9. The molecule has 0 aliphatic heterocycles. The summed E-state index contributed by atoms with van der Waals surface area (Å²) in [6.07, 6.45) is -4.96. The lowest BCUT2D eigenvalue weighted by atomic mass is 9.88. The average Bonchev–Trinajstić information content (AvgIpc) is 2.80. The van der Waals surface area contributed by atoms with Crippen molar-refractivity contribution in [2.45, 2.75) is 50.1 Å². The summed E-state index contributed by atoms with van der Waals surface area (Å²) in [5.41, 5.74) is -0.454. The van der Waals surface area contributed by atoms with Crippen molar-refractivity contribution in [2.24, 2.45) is 0 Å². The van der Waals surface area contributed by atoms with Crippen molar-refractivity contribution < 1.29 is 26.3 Å². The van der Waals surface area contributed by atoms with Crippen molar-refractivity contribution in [1.82, 2.24) is 9.80 Å². The summed E-state index contributed by atoms with van der Waals surface area (Å²) in [4.78, 5) is 3.75. The fourth-order valence-electron chi connectivity index (χ4n) is 3.95. The number of hydrogen-bond donors (Lipinski definition) is 2. The van der Waals surface area contributed by atoms with Crippen LogP contribution in [0.3, 0.4) is 0 Å². The molecule has 3 rings (SSSR count). The third-order valence-corrected chi connectivity index (χ3v) is 5.87. The van der Waals surface area contributed by atoms with E-state index in [9.17, 15) is 26.3 Å². The third-order valence-electron chi connectivity index (χ3n) is 5.87. The maximum atomic E-state index is 12.7. The number of rotatable bonds is 8. The molecule has 34 heavy (non-hydrogen) atoms. The van der Waals surface area contributed by atoms with E-state index in [0.29, 0.717) is 11.4 Å². The Bertz CT molecular complexity index is 820. The molecule has 1 saturated carbocycles. The van der Waals surface area contributed by atoms with E-state index < -0.39 is 23.5 Å². The molecule has 0 aromatic heterocycles. The number of halogens is 6. The summed E-state index contributed by atoms with van der Waals surface area (Å²) in [6, 6.07) is 9.57. The molecule has 2 atom stereocenters. The standard InChI is InChI=1S/C24H26F6N4/c1-33(15-31-19-11-7-17(8-12-19)23(25,26)27)21-5-3-4-6-22(21)34(2)16-32-20-13-9-18(10-14-20)24(28,29)30/h7-14,21-22,31-32H,3-6H2,1-2H3/t21-,22-/m1/s1. The summed E-state index contributed by atoms with van der Waals surface area (Å²) >= 11 is 0. The summed E-state index contributed by atoms with van der Waals surface area (Å²) in [5, 5.41) is 5.83. The number of nitrogens with one attached hydrogen (secondary N) is 2. The molecule has 0 unspecified atom stereocenters. The van der Waals surface area contributed by atoms with Gasteiger partial charge in [0.25, 0.3) is 0 Å². The van der Waals surface area contributed by atoms with Gasteiger partial charge in [0, 0.05) is 23.5 Å². The van der Waals surface area contributed by atoms with Crippen molar-refractivity contribution in [3.05, 3.63) is 73.0 Å². The molecule has 0 saturated heterocycles. The van der Waals surface area contributed by atoms with Crippen LogP contribution < -0.4 is 10.6 Å². The van der Waals surface area contributed by atoms with Crippen molar-refractivity contribution in [3.63, 3.8) is 0 Å². The van der Waals surface area contributed by atoms with E-state index >= 15 is 0 Å². The Labute approximate surface area is 195 Å². The van der Waals surface area contributed by atoms with Gasteiger partial charge in [-0.25, -0.2) is 0 Å². The van der Waals surface area contributed by atoms with Gasteiger partial charge in [-0.1, -0.05) is 12.8 Å². The lowest BCUT2D eigenvalue weighted by molar-refractivity contribution is -0.138. The highest BCUT2D eigenvalue weighted by Gasteiger charge is 2.33. The highest BCUT2D eigenvalue weighted by atomic mass is 19.4. The molecule has 0 amide bonds. The van der Waals surface area contributed by atoms with Gasteiger partial charge in [-0.15, -0.1) is 0 Å². The molecule has 10 heteroatoms. The SMILES string of the molecule is CN([C]Nc1ccc(C(F)(F)F)cc1)[C@@H]1CCCC[C@H]1N(C)[C]Nc1ccc(C(F)(F)F)cc1. The highest BCUT2D eigenvalue weighted by Crippen LogP contribution is 2.32. The normalized spacial score (nSPS) is 19.5. The smallest absolute Gasteiger partial charge is 0.361 e. The quantitative estimate of drug-likeness (QED) is 0.335. The van der Waals surface area contributed by atoms with Crippen LogP contribution >= 0.6 is 0 Å². The molecule has 184 valence electrons. The number of alkyl halides is 6. The number of benzene rings is 2. The van der Waals surface area contributed by atoms with Gasteiger partial charge in [-0.3, -0.25) is 9.80 Å². The van der Waals surface area contributed by atoms with Crippen LogP contribution in [-0.2, 0) is 12.4 Å². The van der Waals surface area contributed by atoms with Gasteiger partial charge in [-0.05, 0) is 75.5 Å². The minimum Gasteiger partial charge on any atom is -0.361 e. The third kappa shape index (κ3) is 7.02. The number of hydrogen-bond acceptors (Lipinski definition) is 4. The van der Waals surface area contributed by atoms with Crippen LogP contribution in [0.25, 0.3) is 0 Å². The molecule has 2 aromatic rings. The van der Waals surface area contributed by atoms with Crippen LogP contribution in [0, 0.1) is 13.3 Å². The predicted octanol–water partition coefficient (Wildman–Crippen LogP) is 6.42. The van der Waals surface area contributed by atoms with Crippen molar-refractivity contribution in [1.29, 1.82) is 0 Å². The lowest BCUT2D eigenvalue weighted by Gasteiger charge is -2.41. The van der Waals surface area contributed by atoms with Gasteiger partial charge in [0.2, 0.25) is 0 Å². The molecular formula is C24H26F6N4. The summed E-state index contributed by atoms with van der Waals surface area (Å²) < 4.78 is 76.4. The van der Waals surface area contributed by atoms with E-state index in [0.717, 1.165) is 49.9 Å². The van der Waals surface area contributed by atoms with E-state index in [4.69, 9.17) is 0 Å². The van der Waals surface area contributed by atoms with E-state index in [2.05, 4.69) is 24.0 Å². The second kappa shape index (κ2) is 10.9. The van der Waals surface area contributed by atoms with E-state index in [1.54, 1.807) is 0 Å². The van der Waals surface area contributed by atoms with E-state index in [1.165, 1.54) is 24.3 Å². The van der Waals surface area contributed by atoms with Gasteiger partial charge in [0.15, 0.2) is 13.3 Å². The summed E-state index contributed by atoms with van der Waals surface area (Å²) in [5.74, 6) is 0. The van der Waals surface area contributed by atoms with Crippen LogP contribution in [0.5, 0.6) is 0 Å². The Morgan fingerprint density at radius 1 is 0.647 bits per heavy atom. The monoisotopic (exact) mass is 484 g/mol. The number of likely N-dealkylation sites (N-methyl/N-ethyl adjacent to an activating group) is 2. The van der Waals surface area contributed by atoms with Crippen LogP contribution in [0.1, 0.15) is 36.8 Å². The first kappa shape index (κ1) is 26.2. The summed E-state index contributed by atoms with van der Waals surface area (Å²) in [6.45, 7) is 6.05. The molecule has 4 nitrogen and oxygen atoms in total. The molecule has 1 fully saturated rings. The molecule has 2 N–H and O–H groups in total. The minimum absolute atomic E-state index is 0.0580. The minimum atomic E-state index is -4.38. The fraction of sp³-hybridized carbons (Fsp3) is 0.417. The van der Waals surface area contributed by atoms with Crippen molar-refractivity contribution in [2.75, 3.05) is 24.7 Å². The zero-order valence-corrected chi connectivity index (χ0v) is 18.8.